The number of hydrogen-bond acceptors (Lipinski definition) is 5. The molecule has 0 amide bonds. The summed E-state index contributed by atoms with van der Waals surface area (Å²) in [5.41, 5.74) is 1.74. The SMILES string of the molecule is Cc1cccc(C)c1NS(=O)(=O)c1cc2c(c(C(=O)O)c1)OCCO2. The van der Waals surface area contributed by atoms with Crippen molar-refractivity contribution in [3.8, 4) is 11.5 Å². The maximum absolute atomic E-state index is 12.8. The Balaban J connectivity index is 2.09. The highest BCUT2D eigenvalue weighted by Crippen LogP contribution is 2.37. The molecule has 25 heavy (non-hydrogen) atoms. The van der Waals surface area contributed by atoms with Crippen molar-refractivity contribution in [1.29, 1.82) is 0 Å². The average molecular weight is 363 g/mol. The first-order chi connectivity index (χ1) is 11.8. The quantitative estimate of drug-likeness (QED) is 0.866. The third-order valence-electron chi connectivity index (χ3n) is 3.87. The highest BCUT2D eigenvalue weighted by molar-refractivity contribution is 7.92. The monoisotopic (exact) mass is 363 g/mol. The molecule has 1 heterocycles. The van der Waals surface area contributed by atoms with E-state index in [0.29, 0.717) is 5.69 Å². The first-order valence-electron chi connectivity index (χ1n) is 7.55. The van der Waals surface area contributed by atoms with Gasteiger partial charge < -0.3 is 14.6 Å². The maximum Gasteiger partial charge on any atom is 0.339 e. The predicted molar refractivity (Wildman–Crippen MR) is 91.1 cm³/mol. The van der Waals surface area contributed by atoms with Gasteiger partial charge in [-0.25, -0.2) is 13.2 Å². The number of aromatic carboxylic acids is 1. The molecule has 0 saturated carbocycles. The van der Waals surface area contributed by atoms with E-state index in [0.717, 1.165) is 17.2 Å². The number of aryl methyl sites for hydroxylation is 2. The Labute approximate surface area is 145 Å². The van der Waals surface area contributed by atoms with E-state index in [1.54, 1.807) is 26.0 Å². The van der Waals surface area contributed by atoms with Gasteiger partial charge in [0.05, 0.1) is 10.6 Å². The van der Waals surface area contributed by atoms with Crippen LogP contribution in [-0.2, 0) is 10.0 Å². The van der Waals surface area contributed by atoms with Gasteiger partial charge >= 0.3 is 5.97 Å². The number of carbonyl (C=O) groups is 1. The molecule has 3 rings (SSSR count). The summed E-state index contributed by atoms with van der Waals surface area (Å²) in [6.07, 6.45) is 0. The molecule has 1 aliphatic rings. The fourth-order valence-electron chi connectivity index (χ4n) is 2.61. The highest BCUT2D eigenvalue weighted by atomic mass is 32.2. The molecule has 0 unspecified atom stereocenters. The first-order valence-corrected chi connectivity index (χ1v) is 9.04. The van der Waals surface area contributed by atoms with Crippen LogP contribution in [0.4, 0.5) is 5.69 Å². The van der Waals surface area contributed by atoms with E-state index in [4.69, 9.17) is 9.47 Å². The van der Waals surface area contributed by atoms with Gasteiger partial charge in [0.1, 0.15) is 18.8 Å². The highest BCUT2D eigenvalue weighted by Gasteiger charge is 2.26. The van der Waals surface area contributed by atoms with Gasteiger partial charge in [-0.05, 0) is 31.0 Å². The number of ether oxygens (including phenoxy) is 2. The molecule has 0 saturated heterocycles. The molecular formula is C17H17NO6S. The first kappa shape index (κ1) is 17.1. The molecule has 0 fully saturated rings. The normalized spacial score (nSPS) is 13.4. The largest absolute Gasteiger partial charge is 0.486 e. The second-order valence-corrected chi connectivity index (χ2v) is 7.35. The van der Waals surface area contributed by atoms with E-state index in [1.165, 1.54) is 6.07 Å². The Morgan fingerprint density at radius 2 is 1.76 bits per heavy atom. The minimum absolute atomic E-state index is 0.0461. The lowest BCUT2D eigenvalue weighted by molar-refractivity contribution is 0.0685. The summed E-state index contributed by atoms with van der Waals surface area (Å²) in [6, 6.07) is 7.76. The Bertz CT molecular complexity index is 932. The van der Waals surface area contributed by atoms with E-state index in [9.17, 15) is 18.3 Å². The fourth-order valence-corrected chi connectivity index (χ4v) is 3.85. The summed E-state index contributed by atoms with van der Waals surface area (Å²) in [4.78, 5) is 11.3. The molecule has 132 valence electrons. The van der Waals surface area contributed by atoms with Gasteiger partial charge in [0.25, 0.3) is 10.0 Å². The van der Waals surface area contributed by atoms with Crippen LogP contribution in [0.25, 0.3) is 0 Å². The third-order valence-corrected chi connectivity index (χ3v) is 5.20. The molecule has 2 aromatic carbocycles. The van der Waals surface area contributed by atoms with Crippen molar-refractivity contribution in [2.24, 2.45) is 0 Å². The lowest BCUT2D eigenvalue weighted by Gasteiger charge is -2.21. The molecule has 2 aromatic rings. The van der Waals surface area contributed by atoms with Crippen LogP contribution in [0.2, 0.25) is 0 Å². The Kier molecular flexibility index (Phi) is 4.30. The molecule has 0 aliphatic carbocycles. The second kappa shape index (κ2) is 6.29. The van der Waals surface area contributed by atoms with Crippen molar-refractivity contribution in [1.82, 2.24) is 0 Å². The van der Waals surface area contributed by atoms with Gasteiger partial charge in [-0.15, -0.1) is 0 Å². The molecule has 1 aliphatic heterocycles. The van der Waals surface area contributed by atoms with Gasteiger partial charge in [-0.2, -0.15) is 0 Å². The molecule has 2 N–H and O–H groups in total. The molecular weight excluding hydrogens is 346 g/mol. The third kappa shape index (κ3) is 3.25. The number of carboxylic acid groups (broad SMARTS) is 1. The van der Waals surface area contributed by atoms with Crippen LogP contribution >= 0.6 is 0 Å². The van der Waals surface area contributed by atoms with Crippen LogP contribution < -0.4 is 14.2 Å². The number of carboxylic acids is 1. The van der Waals surface area contributed by atoms with Crippen LogP contribution in [0.3, 0.4) is 0 Å². The molecule has 0 aromatic heterocycles. The summed E-state index contributed by atoms with van der Waals surface area (Å²) in [5, 5.41) is 9.36. The van der Waals surface area contributed by atoms with Crippen molar-refractivity contribution in [2.45, 2.75) is 18.7 Å². The number of rotatable bonds is 4. The van der Waals surface area contributed by atoms with Crippen LogP contribution in [0.5, 0.6) is 11.5 Å². The smallest absolute Gasteiger partial charge is 0.339 e. The van der Waals surface area contributed by atoms with Crippen molar-refractivity contribution < 1.29 is 27.8 Å². The van der Waals surface area contributed by atoms with Gasteiger partial charge in [-0.3, -0.25) is 4.72 Å². The number of benzene rings is 2. The Morgan fingerprint density at radius 3 is 2.40 bits per heavy atom. The van der Waals surface area contributed by atoms with Gasteiger partial charge in [-0.1, -0.05) is 18.2 Å². The zero-order valence-electron chi connectivity index (χ0n) is 13.7. The number of fused-ring (bicyclic) bond motifs is 1. The van der Waals surface area contributed by atoms with Crippen molar-refractivity contribution >= 4 is 21.7 Å². The summed E-state index contributed by atoms with van der Waals surface area (Å²) >= 11 is 0. The van der Waals surface area contributed by atoms with E-state index in [2.05, 4.69) is 4.72 Å². The maximum atomic E-state index is 12.8. The van der Waals surface area contributed by atoms with Crippen molar-refractivity contribution in [3.63, 3.8) is 0 Å². The van der Waals surface area contributed by atoms with Gasteiger partial charge in [0, 0.05) is 6.07 Å². The minimum atomic E-state index is -4.00. The van der Waals surface area contributed by atoms with Crippen LogP contribution in [0.1, 0.15) is 21.5 Å². The van der Waals surface area contributed by atoms with Crippen molar-refractivity contribution in [2.75, 3.05) is 17.9 Å². The number of hydrogen-bond donors (Lipinski definition) is 2. The minimum Gasteiger partial charge on any atom is -0.486 e. The average Bonchev–Trinajstić information content (AvgIpc) is 2.57. The summed E-state index contributed by atoms with van der Waals surface area (Å²) in [5.74, 6) is -1.14. The number of anilines is 1. The predicted octanol–water partition coefficient (Wildman–Crippen LogP) is 2.57. The Hall–Kier alpha value is -2.74. The lowest BCUT2D eigenvalue weighted by atomic mass is 10.1. The number of para-hydroxylation sites is 1. The summed E-state index contributed by atoms with van der Waals surface area (Å²) in [7, 11) is -4.00. The fraction of sp³-hybridized carbons (Fsp3) is 0.235. The molecule has 8 heteroatoms. The van der Waals surface area contributed by atoms with E-state index >= 15 is 0 Å². The lowest BCUT2D eigenvalue weighted by Crippen LogP contribution is -2.20. The van der Waals surface area contributed by atoms with E-state index in [-0.39, 0.29) is 35.2 Å². The topological polar surface area (TPSA) is 102 Å². The molecule has 7 nitrogen and oxygen atoms in total. The van der Waals surface area contributed by atoms with Crippen LogP contribution in [0, 0.1) is 13.8 Å². The second-order valence-electron chi connectivity index (χ2n) is 5.67. The molecule has 0 atom stereocenters. The van der Waals surface area contributed by atoms with E-state index < -0.39 is 16.0 Å². The molecule has 0 bridgehead atoms. The number of nitrogens with one attached hydrogen (secondary N) is 1. The molecule has 0 radical (unpaired) electrons. The van der Waals surface area contributed by atoms with Crippen LogP contribution in [-0.4, -0.2) is 32.7 Å². The summed E-state index contributed by atoms with van der Waals surface area (Å²) < 4.78 is 38.7. The zero-order chi connectivity index (χ0) is 18.2. The van der Waals surface area contributed by atoms with E-state index in [1.807, 2.05) is 6.07 Å². The van der Waals surface area contributed by atoms with Crippen molar-refractivity contribution in [3.05, 3.63) is 47.0 Å². The Morgan fingerprint density at radius 1 is 1.12 bits per heavy atom. The number of sulfonamides is 1. The standard InChI is InChI=1S/C17H17NO6S/c1-10-4-3-5-11(2)15(10)18-25(21,22)12-8-13(17(19)20)16-14(9-12)23-6-7-24-16/h3-5,8-9,18H,6-7H2,1-2H3,(H,19,20). The van der Waals surface area contributed by atoms with Gasteiger partial charge in [0.2, 0.25) is 0 Å². The zero-order valence-corrected chi connectivity index (χ0v) is 14.5. The molecule has 0 spiro atoms. The van der Waals surface area contributed by atoms with Crippen LogP contribution in [0.15, 0.2) is 35.2 Å². The van der Waals surface area contributed by atoms with Gasteiger partial charge in [0.15, 0.2) is 11.5 Å². The summed E-state index contributed by atoms with van der Waals surface area (Å²) in [6.45, 7) is 4.01.